The van der Waals surface area contributed by atoms with Crippen molar-refractivity contribution in [2.75, 3.05) is 19.9 Å². The number of halogens is 1. The molecule has 0 atom stereocenters. The Labute approximate surface area is 168 Å². The van der Waals surface area contributed by atoms with Gasteiger partial charge in [-0.2, -0.15) is 0 Å². The number of imidazole rings is 1. The van der Waals surface area contributed by atoms with Crippen LogP contribution in [0.25, 0.3) is 11.3 Å². The van der Waals surface area contributed by atoms with E-state index in [9.17, 15) is 9.18 Å². The Balaban J connectivity index is 1.59. The molecule has 1 heterocycles. The number of hydrogen-bond acceptors (Lipinski definition) is 4. The molecule has 1 aromatic heterocycles. The number of carbonyl (C=O) groups excluding carboxylic acids is 1. The zero-order chi connectivity index (χ0) is 20.1. The summed E-state index contributed by atoms with van der Waals surface area (Å²) < 4.78 is 20.7. The van der Waals surface area contributed by atoms with Gasteiger partial charge in [0.25, 0.3) is 0 Å². The van der Waals surface area contributed by atoms with Crippen molar-refractivity contribution in [3.05, 3.63) is 66.1 Å². The van der Waals surface area contributed by atoms with Crippen molar-refractivity contribution in [2.24, 2.45) is 7.05 Å². The molecule has 7 heteroatoms. The summed E-state index contributed by atoms with van der Waals surface area (Å²) in [6.45, 7) is 0.330. The SMILES string of the molecule is COc1ccc(CN(C)C(=O)CSc2ncc(-c3ccccc3)n2C)cc1F. The number of rotatable bonds is 7. The number of benzene rings is 2. The summed E-state index contributed by atoms with van der Waals surface area (Å²) in [5, 5.41) is 0.774. The first-order valence-electron chi connectivity index (χ1n) is 8.76. The number of ether oxygens (including phenoxy) is 1. The molecule has 1 amide bonds. The molecule has 0 spiro atoms. The zero-order valence-electron chi connectivity index (χ0n) is 16.1. The van der Waals surface area contributed by atoms with Gasteiger partial charge in [0.2, 0.25) is 5.91 Å². The molecule has 0 aliphatic heterocycles. The fourth-order valence-corrected chi connectivity index (χ4v) is 3.70. The second-order valence-corrected chi connectivity index (χ2v) is 7.30. The molecule has 0 unspecified atom stereocenters. The Morgan fingerprint density at radius 1 is 1.25 bits per heavy atom. The van der Waals surface area contributed by atoms with Gasteiger partial charge in [0.05, 0.1) is 24.8 Å². The Kier molecular flexibility index (Phi) is 6.36. The van der Waals surface area contributed by atoms with Crippen molar-refractivity contribution in [1.29, 1.82) is 0 Å². The number of carbonyl (C=O) groups is 1. The first-order valence-corrected chi connectivity index (χ1v) is 9.74. The van der Waals surface area contributed by atoms with Crippen LogP contribution < -0.4 is 4.74 Å². The quantitative estimate of drug-likeness (QED) is 0.564. The average Bonchev–Trinajstić information content (AvgIpc) is 3.07. The Morgan fingerprint density at radius 3 is 2.68 bits per heavy atom. The monoisotopic (exact) mass is 399 g/mol. The minimum Gasteiger partial charge on any atom is -0.494 e. The van der Waals surface area contributed by atoms with Crippen molar-refractivity contribution in [2.45, 2.75) is 11.7 Å². The van der Waals surface area contributed by atoms with E-state index in [4.69, 9.17) is 4.74 Å². The topological polar surface area (TPSA) is 47.4 Å². The van der Waals surface area contributed by atoms with Gasteiger partial charge >= 0.3 is 0 Å². The molecule has 0 saturated heterocycles. The van der Waals surface area contributed by atoms with E-state index in [-0.39, 0.29) is 17.4 Å². The fourth-order valence-electron chi connectivity index (χ4n) is 2.81. The number of nitrogens with zero attached hydrogens (tertiary/aromatic N) is 3. The molecule has 2 aromatic carbocycles. The summed E-state index contributed by atoms with van der Waals surface area (Å²) in [6, 6.07) is 14.7. The van der Waals surface area contributed by atoms with E-state index in [2.05, 4.69) is 4.98 Å². The van der Waals surface area contributed by atoms with Crippen molar-refractivity contribution in [3.8, 4) is 17.0 Å². The van der Waals surface area contributed by atoms with E-state index in [0.29, 0.717) is 12.1 Å². The molecule has 0 bridgehead atoms. The van der Waals surface area contributed by atoms with Gasteiger partial charge in [-0.05, 0) is 23.3 Å². The summed E-state index contributed by atoms with van der Waals surface area (Å²) >= 11 is 1.39. The van der Waals surface area contributed by atoms with Crippen LogP contribution in [0.4, 0.5) is 4.39 Å². The molecule has 0 N–H and O–H groups in total. The van der Waals surface area contributed by atoms with Crippen LogP contribution in [-0.2, 0) is 18.4 Å². The Bertz CT molecular complexity index is 960. The molecule has 5 nitrogen and oxygen atoms in total. The van der Waals surface area contributed by atoms with Gasteiger partial charge in [0.15, 0.2) is 16.7 Å². The van der Waals surface area contributed by atoms with Gasteiger partial charge in [-0.15, -0.1) is 0 Å². The van der Waals surface area contributed by atoms with Crippen molar-refractivity contribution in [3.63, 3.8) is 0 Å². The molecule has 0 saturated carbocycles. The highest BCUT2D eigenvalue weighted by molar-refractivity contribution is 7.99. The maximum Gasteiger partial charge on any atom is 0.233 e. The molecule has 0 fully saturated rings. The van der Waals surface area contributed by atoms with E-state index in [1.807, 2.05) is 48.1 Å². The van der Waals surface area contributed by atoms with E-state index >= 15 is 0 Å². The molecular formula is C21H22FN3O2S. The first-order chi connectivity index (χ1) is 13.5. The van der Waals surface area contributed by atoms with Gasteiger partial charge < -0.3 is 14.2 Å². The summed E-state index contributed by atoms with van der Waals surface area (Å²) in [4.78, 5) is 18.5. The highest BCUT2D eigenvalue weighted by Crippen LogP contribution is 2.25. The van der Waals surface area contributed by atoms with Crippen molar-refractivity contribution >= 4 is 17.7 Å². The van der Waals surface area contributed by atoms with Crippen LogP contribution in [-0.4, -0.2) is 40.3 Å². The van der Waals surface area contributed by atoms with Crippen LogP contribution in [0, 0.1) is 5.82 Å². The summed E-state index contributed by atoms with van der Waals surface area (Å²) in [5.74, 6) is -0.0340. The van der Waals surface area contributed by atoms with Crippen LogP contribution in [0.2, 0.25) is 0 Å². The third kappa shape index (κ3) is 4.54. The second-order valence-electron chi connectivity index (χ2n) is 6.36. The molecule has 28 heavy (non-hydrogen) atoms. The predicted molar refractivity (Wildman–Crippen MR) is 109 cm³/mol. The van der Waals surface area contributed by atoms with Crippen LogP contribution >= 0.6 is 11.8 Å². The lowest BCUT2D eigenvalue weighted by atomic mass is 10.2. The van der Waals surface area contributed by atoms with E-state index in [1.54, 1.807) is 24.1 Å². The van der Waals surface area contributed by atoms with Crippen LogP contribution in [0.15, 0.2) is 59.9 Å². The smallest absolute Gasteiger partial charge is 0.233 e. The van der Waals surface area contributed by atoms with Crippen LogP contribution in [0.5, 0.6) is 5.75 Å². The first kappa shape index (κ1) is 19.9. The predicted octanol–water partition coefficient (Wildman–Crippen LogP) is 3.99. The minimum atomic E-state index is -0.434. The Morgan fingerprint density at radius 2 is 2.00 bits per heavy atom. The third-order valence-electron chi connectivity index (χ3n) is 4.40. The highest BCUT2D eigenvalue weighted by Gasteiger charge is 2.14. The van der Waals surface area contributed by atoms with Crippen molar-refractivity contribution < 1.29 is 13.9 Å². The standard InChI is InChI=1S/C21H22FN3O2S/c1-24(13-15-9-10-19(27-3)17(22)11-15)20(26)14-28-21-23-12-18(25(21)2)16-7-5-4-6-8-16/h4-12H,13-14H2,1-3H3. The fraction of sp³-hybridized carbons (Fsp3) is 0.238. The maximum absolute atomic E-state index is 13.8. The van der Waals surface area contributed by atoms with Gasteiger partial charge in [0, 0.05) is 20.6 Å². The van der Waals surface area contributed by atoms with Gasteiger partial charge in [-0.1, -0.05) is 48.2 Å². The molecular weight excluding hydrogens is 377 g/mol. The average molecular weight is 399 g/mol. The summed E-state index contributed by atoms with van der Waals surface area (Å²) in [7, 11) is 5.07. The lowest BCUT2D eigenvalue weighted by Crippen LogP contribution is -2.28. The van der Waals surface area contributed by atoms with Crippen molar-refractivity contribution in [1.82, 2.24) is 14.5 Å². The zero-order valence-corrected chi connectivity index (χ0v) is 16.9. The number of hydrogen-bond donors (Lipinski definition) is 0. The number of thioether (sulfide) groups is 1. The van der Waals surface area contributed by atoms with Gasteiger partial charge in [0.1, 0.15) is 0 Å². The molecule has 0 aliphatic carbocycles. The number of amides is 1. The summed E-state index contributed by atoms with van der Waals surface area (Å²) in [6.07, 6.45) is 1.81. The van der Waals surface area contributed by atoms with E-state index in [0.717, 1.165) is 16.4 Å². The van der Waals surface area contributed by atoms with Gasteiger partial charge in [-0.3, -0.25) is 4.79 Å². The number of methoxy groups -OCH3 is 1. The van der Waals surface area contributed by atoms with E-state index in [1.165, 1.54) is 24.9 Å². The third-order valence-corrected chi connectivity index (χ3v) is 5.43. The highest BCUT2D eigenvalue weighted by atomic mass is 32.2. The minimum absolute atomic E-state index is 0.0505. The number of aromatic nitrogens is 2. The summed E-state index contributed by atoms with van der Waals surface area (Å²) in [5.41, 5.74) is 2.79. The Hall–Kier alpha value is -2.80. The van der Waals surface area contributed by atoms with E-state index < -0.39 is 5.82 Å². The second kappa shape index (κ2) is 8.93. The molecule has 3 rings (SSSR count). The maximum atomic E-state index is 13.8. The molecule has 0 aliphatic rings. The lowest BCUT2D eigenvalue weighted by Gasteiger charge is -2.17. The largest absolute Gasteiger partial charge is 0.494 e. The molecule has 146 valence electrons. The lowest BCUT2D eigenvalue weighted by molar-refractivity contribution is -0.127. The molecule has 3 aromatic rings. The van der Waals surface area contributed by atoms with Crippen LogP contribution in [0.1, 0.15) is 5.56 Å². The normalized spacial score (nSPS) is 10.7. The van der Waals surface area contributed by atoms with Crippen LogP contribution in [0.3, 0.4) is 0 Å². The van der Waals surface area contributed by atoms with Gasteiger partial charge in [-0.25, -0.2) is 9.37 Å². The molecule has 0 radical (unpaired) electrons.